The number of nitrogens with one attached hydrogen (secondary N) is 2. The number of carbonyl (C=O) groups is 2. The molecule has 0 saturated carbocycles. The van der Waals surface area contributed by atoms with E-state index in [0.717, 1.165) is 4.68 Å². The van der Waals surface area contributed by atoms with E-state index in [0.29, 0.717) is 0 Å². The lowest BCUT2D eigenvalue weighted by atomic mass is 10.1. The highest BCUT2D eigenvalue weighted by atomic mass is 16.5. The van der Waals surface area contributed by atoms with Crippen molar-refractivity contribution in [2.75, 3.05) is 12.5 Å². The van der Waals surface area contributed by atoms with Gasteiger partial charge in [-0.1, -0.05) is 0 Å². The van der Waals surface area contributed by atoms with Gasteiger partial charge < -0.3 is 9.84 Å². The fourth-order valence-electron chi connectivity index (χ4n) is 1.58. The molecule has 2 aliphatic rings. The van der Waals surface area contributed by atoms with E-state index in [4.69, 9.17) is 5.11 Å². The molecule has 1 atom stereocenters. The first-order valence-corrected chi connectivity index (χ1v) is 5.61. The van der Waals surface area contributed by atoms with Crippen LogP contribution >= 0.6 is 0 Å². The number of aliphatic hydroxyl groups excluding tert-OH is 1. The maximum absolute atomic E-state index is 11.7. The minimum Gasteiger partial charge on any atom is -0.465 e. The van der Waals surface area contributed by atoms with Crippen LogP contribution in [0.5, 0.6) is 0 Å². The highest BCUT2D eigenvalue weighted by Crippen LogP contribution is 2.19. The lowest BCUT2D eigenvalue weighted by Gasteiger charge is -2.13. The number of hydrogen-bond donors (Lipinski definition) is 3. The van der Waals surface area contributed by atoms with Gasteiger partial charge in [0.1, 0.15) is 17.4 Å². The zero-order valence-corrected chi connectivity index (χ0v) is 10.7. The number of hydrogen-bond acceptors (Lipinski definition) is 6. The van der Waals surface area contributed by atoms with E-state index in [-0.39, 0.29) is 16.8 Å². The van der Waals surface area contributed by atoms with Crippen LogP contribution in [0.15, 0.2) is 17.2 Å². The van der Waals surface area contributed by atoms with Crippen LogP contribution in [-0.4, -0.2) is 45.1 Å². The van der Waals surface area contributed by atoms with Crippen LogP contribution in [0.1, 0.15) is 17.3 Å². The molecule has 1 amide bonds. The Morgan fingerprint density at radius 3 is 2.80 bits per heavy atom. The summed E-state index contributed by atoms with van der Waals surface area (Å²) in [5, 5.41) is 15.1. The summed E-state index contributed by atoms with van der Waals surface area (Å²) < 4.78 is 5.69. The van der Waals surface area contributed by atoms with Gasteiger partial charge in [-0.2, -0.15) is 5.10 Å². The third-order valence-corrected chi connectivity index (χ3v) is 2.58. The molecule has 0 fully saturated rings. The summed E-state index contributed by atoms with van der Waals surface area (Å²) in [5.41, 5.74) is 2.06. The maximum Gasteiger partial charge on any atom is 0.341 e. The van der Waals surface area contributed by atoms with Gasteiger partial charge in [0.25, 0.3) is 11.5 Å². The van der Waals surface area contributed by atoms with Gasteiger partial charge in [-0.3, -0.25) is 19.7 Å². The number of carbonyl (C=O) groups excluding carboxylic acids is 2. The third kappa shape index (κ3) is 2.38. The molecular weight excluding hydrogens is 268 g/mol. The average Bonchev–Trinajstić information content (AvgIpc) is 2.79. The van der Waals surface area contributed by atoms with Gasteiger partial charge in [0.15, 0.2) is 0 Å². The zero-order valence-electron chi connectivity index (χ0n) is 10.7. The van der Waals surface area contributed by atoms with Crippen molar-refractivity contribution in [3.63, 3.8) is 0 Å². The third-order valence-electron chi connectivity index (χ3n) is 2.58. The Bertz CT molecular complexity index is 687. The van der Waals surface area contributed by atoms with Crippen molar-refractivity contribution in [3.05, 3.63) is 28.3 Å². The van der Waals surface area contributed by atoms with Crippen molar-refractivity contribution >= 4 is 11.9 Å². The molecule has 3 N–H and O–H groups in total. The number of amides is 1. The van der Waals surface area contributed by atoms with E-state index in [1.165, 1.54) is 26.4 Å². The van der Waals surface area contributed by atoms with Crippen molar-refractivity contribution in [3.8, 4) is 11.3 Å². The summed E-state index contributed by atoms with van der Waals surface area (Å²) >= 11 is 0. The molecule has 106 valence electrons. The molecule has 9 nitrogen and oxygen atoms in total. The lowest BCUT2D eigenvalue weighted by molar-refractivity contribution is -0.124. The Morgan fingerprint density at radius 2 is 2.20 bits per heavy atom. The van der Waals surface area contributed by atoms with Gasteiger partial charge >= 0.3 is 5.97 Å². The molecular formula is C11H12N4O5. The van der Waals surface area contributed by atoms with E-state index in [1.807, 2.05) is 0 Å². The first-order chi connectivity index (χ1) is 9.43. The monoisotopic (exact) mass is 280 g/mol. The number of aliphatic hydroxyl groups is 1. The highest BCUT2D eigenvalue weighted by molar-refractivity contribution is 5.96. The van der Waals surface area contributed by atoms with E-state index in [2.05, 4.69) is 20.4 Å². The first-order valence-electron chi connectivity index (χ1n) is 5.61. The Morgan fingerprint density at radius 1 is 1.50 bits per heavy atom. The summed E-state index contributed by atoms with van der Waals surface area (Å²) in [6, 6.07) is 0. The molecule has 0 aromatic carbocycles. The van der Waals surface area contributed by atoms with E-state index in [9.17, 15) is 14.4 Å². The molecule has 0 radical (unpaired) electrons. The fourth-order valence-corrected chi connectivity index (χ4v) is 1.58. The van der Waals surface area contributed by atoms with E-state index in [1.54, 1.807) is 0 Å². The zero-order chi connectivity index (χ0) is 14.9. The normalized spacial score (nSPS) is 12.2. The molecule has 0 aromatic rings. The second-order valence-electron chi connectivity index (χ2n) is 4.04. The first kappa shape index (κ1) is 13.7. The molecule has 0 spiro atoms. The van der Waals surface area contributed by atoms with Crippen LogP contribution in [0.25, 0.3) is 11.3 Å². The maximum atomic E-state index is 11.7. The molecule has 0 aromatic heterocycles. The smallest absolute Gasteiger partial charge is 0.341 e. The van der Waals surface area contributed by atoms with Gasteiger partial charge in [-0.25, -0.2) is 9.89 Å². The molecule has 20 heavy (non-hydrogen) atoms. The van der Waals surface area contributed by atoms with Crippen LogP contribution in [0.4, 0.5) is 0 Å². The largest absolute Gasteiger partial charge is 0.465 e. The molecule has 0 unspecified atom stereocenters. The Labute approximate surface area is 112 Å². The van der Waals surface area contributed by atoms with Crippen molar-refractivity contribution in [1.29, 1.82) is 0 Å². The predicted molar refractivity (Wildman–Crippen MR) is 66.9 cm³/mol. The highest BCUT2D eigenvalue weighted by Gasteiger charge is 2.22. The lowest BCUT2D eigenvalue weighted by Crippen LogP contribution is -2.32. The number of H-pyrrole nitrogens is 1. The molecule has 2 aliphatic heterocycles. The number of methoxy groups -OCH3 is 1. The fraction of sp³-hybridized carbons (Fsp3) is 0.273. The number of pyridine rings is 1. The number of rotatable bonds is 3. The number of fused-ring (bicyclic) bond motifs is 1. The second kappa shape index (κ2) is 5.13. The van der Waals surface area contributed by atoms with Crippen molar-refractivity contribution in [1.82, 2.24) is 14.9 Å². The van der Waals surface area contributed by atoms with Crippen LogP contribution in [0.2, 0.25) is 0 Å². The minimum absolute atomic E-state index is 0.00856. The minimum atomic E-state index is -1.24. The number of aromatic amines is 1. The Kier molecular flexibility index (Phi) is 3.53. The summed E-state index contributed by atoms with van der Waals surface area (Å²) in [4.78, 5) is 34.6. The number of esters is 1. The number of ether oxygens (including phenoxy) is 1. The summed E-state index contributed by atoms with van der Waals surface area (Å²) in [7, 11) is 1.19. The summed E-state index contributed by atoms with van der Waals surface area (Å²) in [5.74, 6) is -1.40. The average molecular weight is 280 g/mol. The van der Waals surface area contributed by atoms with Gasteiger partial charge in [-0.05, 0) is 6.92 Å². The standard InChI is InChI=1S/C11H12N4O5/c1-5(16)9(17)14-15-3-6-8(12-13-10(6)18)7(4-15)11(19)20-2/h3-5,16H,1-2H3,(H,13,18)(H,14,17)/t5-/m0/s1. The van der Waals surface area contributed by atoms with Gasteiger partial charge in [-0.15, -0.1) is 0 Å². The van der Waals surface area contributed by atoms with Crippen molar-refractivity contribution in [2.45, 2.75) is 13.0 Å². The SMILES string of the molecule is COC(=O)c1cn(NC(=O)[C@H](C)O)cc2c(=O)[nH]nc1-2. The van der Waals surface area contributed by atoms with Gasteiger partial charge in [0.05, 0.1) is 12.7 Å². The number of nitrogens with zero attached hydrogens (tertiary/aromatic N) is 2. The Hall–Kier alpha value is -2.68. The van der Waals surface area contributed by atoms with Crippen LogP contribution < -0.4 is 11.0 Å². The number of aromatic nitrogens is 3. The summed E-state index contributed by atoms with van der Waals surface area (Å²) in [6.07, 6.45) is 1.29. The van der Waals surface area contributed by atoms with Gasteiger partial charge in [0.2, 0.25) is 0 Å². The van der Waals surface area contributed by atoms with Crippen LogP contribution in [0, 0.1) is 0 Å². The van der Waals surface area contributed by atoms with E-state index < -0.39 is 23.5 Å². The van der Waals surface area contributed by atoms with E-state index >= 15 is 0 Å². The topological polar surface area (TPSA) is 126 Å². The predicted octanol–water partition coefficient (Wildman–Crippen LogP) is -1.09. The van der Waals surface area contributed by atoms with Crippen molar-refractivity contribution < 1.29 is 19.4 Å². The summed E-state index contributed by atoms with van der Waals surface area (Å²) in [6.45, 7) is 1.28. The second-order valence-corrected chi connectivity index (χ2v) is 4.04. The quantitative estimate of drug-likeness (QED) is 0.613. The molecule has 2 heterocycles. The molecule has 0 saturated heterocycles. The molecule has 0 bridgehead atoms. The van der Waals surface area contributed by atoms with Crippen molar-refractivity contribution in [2.24, 2.45) is 0 Å². The molecule has 2 rings (SSSR count). The van der Waals surface area contributed by atoms with Crippen LogP contribution in [0.3, 0.4) is 0 Å². The van der Waals surface area contributed by atoms with Gasteiger partial charge in [0, 0.05) is 12.4 Å². The molecule has 9 heteroatoms. The molecule has 0 aliphatic carbocycles. The van der Waals surface area contributed by atoms with Crippen LogP contribution in [-0.2, 0) is 9.53 Å². The Balaban J connectivity index is 2.53.